The van der Waals surface area contributed by atoms with Crippen LogP contribution in [0.4, 0.5) is 0 Å². The Balaban J connectivity index is 2.32. The van der Waals surface area contributed by atoms with E-state index >= 15 is 0 Å². The molecular formula is C14H16BrClN2O. The summed E-state index contributed by atoms with van der Waals surface area (Å²) in [7, 11) is 1.82. The summed E-state index contributed by atoms with van der Waals surface area (Å²) in [6.45, 7) is 2.02. The number of aromatic nitrogens is 2. The number of aliphatic hydroxyl groups is 1. The van der Waals surface area contributed by atoms with Crippen LogP contribution in [0.15, 0.2) is 28.7 Å². The van der Waals surface area contributed by atoms with Gasteiger partial charge in [0.2, 0.25) is 0 Å². The predicted octanol–water partition coefficient (Wildman–Crippen LogP) is 3.46. The molecule has 2 aromatic rings. The number of aliphatic hydroxyl groups excluding tert-OH is 1. The smallest absolute Gasteiger partial charge is 0.130 e. The zero-order valence-corrected chi connectivity index (χ0v) is 13.2. The molecule has 1 aromatic carbocycles. The summed E-state index contributed by atoms with van der Waals surface area (Å²) in [4.78, 5) is 0. The Kier molecular flexibility index (Phi) is 4.66. The van der Waals surface area contributed by atoms with Crippen molar-refractivity contribution in [1.82, 2.24) is 9.78 Å². The molecule has 0 amide bonds. The maximum absolute atomic E-state index is 9.66. The molecule has 0 aliphatic heterocycles. The van der Waals surface area contributed by atoms with Crippen LogP contribution in [0.5, 0.6) is 0 Å². The Morgan fingerprint density at radius 3 is 2.63 bits per heavy atom. The lowest BCUT2D eigenvalue weighted by atomic mass is 9.93. The Hall–Kier alpha value is -0.840. The maximum Gasteiger partial charge on any atom is 0.130 e. The summed E-state index contributed by atoms with van der Waals surface area (Å²) in [5, 5.41) is 14.6. The van der Waals surface area contributed by atoms with Crippen LogP contribution in [-0.2, 0) is 13.5 Å². The molecule has 1 heterocycles. The molecule has 0 saturated heterocycles. The van der Waals surface area contributed by atoms with E-state index in [1.54, 1.807) is 4.68 Å². The van der Waals surface area contributed by atoms with Crippen LogP contribution >= 0.6 is 27.5 Å². The predicted molar refractivity (Wildman–Crippen MR) is 80.6 cm³/mol. The van der Waals surface area contributed by atoms with Gasteiger partial charge in [-0.1, -0.05) is 45.7 Å². The Morgan fingerprint density at radius 2 is 2.11 bits per heavy atom. The summed E-state index contributed by atoms with van der Waals surface area (Å²) < 4.78 is 2.67. The molecule has 0 saturated carbocycles. The third-order valence-corrected chi connectivity index (χ3v) is 4.48. The van der Waals surface area contributed by atoms with Gasteiger partial charge in [0, 0.05) is 23.0 Å². The lowest BCUT2D eigenvalue weighted by Crippen LogP contribution is -2.09. The molecule has 1 unspecified atom stereocenters. The molecule has 5 heteroatoms. The zero-order valence-electron chi connectivity index (χ0n) is 10.9. The van der Waals surface area contributed by atoms with Crippen molar-refractivity contribution in [2.24, 2.45) is 7.05 Å². The average Bonchev–Trinajstić information content (AvgIpc) is 2.63. The van der Waals surface area contributed by atoms with E-state index in [1.807, 2.05) is 38.2 Å². The summed E-state index contributed by atoms with van der Waals surface area (Å²) in [6, 6.07) is 7.94. The number of aryl methyl sites for hydroxylation is 2. The standard InChI is InChI=1S/C14H16BrClN2O/c1-9-12(14(16)18(2)17-9)7-10(8-19)11-5-3-4-6-13(11)15/h3-6,10,19H,7-8H2,1-2H3. The van der Waals surface area contributed by atoms with E-state index in [4.69, 9.17) is 11.6 Å². The Morgan fingerprint density at radius 1 is 1.42 bits per heavy atom. The van der Waals surface area contributed by atoms with Crippen LogP contribution in [0.1, 0.15) is 22.7 Å². The molecule has 0 bridgehead atoms. The number of hydrogen-bond donors (Lipinski definition) is 1. The fourth-order valence-corrected chi connectivity index (χ4v) is 3.09. The molecule has 19 heavy (non-hydrogen) atoms. The van der Waals surface area contributed by atoms with Crippen molar-refractivity contribution in [2.45, 2.75) is 19.3 Å². The van der Waals surface area contributed by atoms with E-state index < -0.39 is 0 Å². The molecule has 1 aromatic heterocycles. The van der Waals surface area contributed by atoms with Crippen LogP contribution in [0.2, 0.25) is 5.15 Å². The van der Waals surface area contributed by atoms with Gasteiger partial charge < -0.3 is 5.11 Å². The second kappa shape index (κ2) is 6.07. The summed E-state index contributed by atoms with van der Waals surface area (Å²) in [5.41, 5.74) is 3.00. The summed E-state index contributed by atoms with van der Waals surface area (Å²) >= 11 is 9.78. The average molecular weight is 344 g/mol. The molecule has 0 spiro atoms. The topological polar surface area (TPSA) is 38.0 Å². The second-order valence-corrected chi connectivity index (χ2v) is 5.80. The molecule has 0 aliphatic carbocycles. The summed E-state index contributed by atoms with van der Waals surface area (Å²) in [5.74, 6) is 0.0102. The SMILES string of the molecule is Cc1nn(C)c(Cl)c1CC(CO)c1ccccc1Br. The Labute approximate surface area is 126 Å². The van der Waals surface area contributed by atoms with Gasteiger partial charge in [-0.05, 0) is 25.0 Å². The molecular weight excluding hydrogens is 328 g/mol. The van der Waals surface area contributed by atoms with Crippen molar-refractivity contribution in [2.75, 3.05) is 6.61 Å². The van der Waals surface area contributed by atoms with Crippen molar-refractivity contribution in [3.8, 4) is 0 Å². The van der Waals surface area contributed by atoms with Crippen LogP contribution in [-0.4, -0.2) is 21.5 Å². The fourth-order valence-electron chi connectivity index (χ4n) is 2.23. The molecule has 0 radical (unpaired) electrons. The van der Waals surface area contributed by atoms with E-state index in [9.17, 15) is 5.11 Å². The van der Waals surface area contributed by atoms with Crippen molar-refractivity contribution < 1.29 is 5.11 Å². The minimum atomic E-state index is 0.0102. The molecule has 102 valence electrons. The monoisotopic (exact) mass is 342 g/mol. The van der Waals surface area contributed by atoms with Crippen LogP contribution < -0.4 is 0 Å². The first-order valence-corrected chi connectivity index (χ1v) is 7.25. The lowest BCUT2D eigenvalue weighted by molar-refractivity contribution is 0.264. The van der Waals surface area contributed by atoms with Crippen LogP contribution in [0.3, 0.4) is 0 Å². The first kappa shape index (κ1) is 14.6. The van der Waals surface area contributed by atoms with Gasteiger partial charge in [0.25, 0.3) is 0 Å². The highest BCUT2D eigenvalue weighted by molar-refractivity contribution is 9.10. The number of hydrogen-bond acceptors (Lipinski definition) is 2. The van der Waals surface area contributed by atoms with Gasteiger partial charge in [-0.3, -0.25) is 4.68 Å². The highest BCUT2D eigenvalue weighted by Crippen LogP contribution is 2.30. The van der Waals surface area contributed by atoms with Gasteiger partial charge >= 0.3 is 0 Å². The largest absolute Gasteiger partial charge is 0.396 e. The highest BCUT2D eigenvalue weighted by Gasteiger charge is 2.19. The molecule has 2 rings (SSSR count). The minimum absolute atomic E-state index is 0.0102. The highest BCUT2D eigenvalue weighted by atomic mass is 79.9. The quantitative estimate of drug-likeness (QED) is 0.923. The van der Waals surface area contributed by atoms with Gasteiger partial charge in [0.05, 0.1) is 12.3 Å². The number of nitrogens with zero attached hydrogens (tertiary/aromatic N) is 2. The lowest BCUT2D eigenvalue weighted by Gasteiger charge is -2.16. The van der Waals surface area contributed by atoms with Crippen LogP contribution in [0.25, 0.3) is 0 Å². The van der Waals surface area contributed by atoms with E-state index in [1.165, 1.54) is 0 Å². The molecule has 1 N–H and O–H groups in total. The van der Waals surface area contributed by atoms with E-state index in [-0.39, 0.29) is 12.5 Å². The van der Waals surface area contributed by atoms with Gasteiger partial charge in [0.15, 0.2) is 0 Å². The molecule has 3 nitrogen and oxygen atoms in total. The summed E-state index contributed by atoms with van der Waals surface area (Å²) in [6.07, 6.45) is 0.678. The fraction of sp³-hybridized carbons (Fsp3) is 0.357. The van der Waals surface area contributed by atoms with Gasteiger partial charge in [-0.2, -0.15) is 5.10 Å². The number of halogens is 2. The third-order valence-electron chi connectivity index (χ3n) is 3.29. The number of benzene rings is 1. The molecule has 0 fully saturated rings. The normalized spacial score (nSPS) is 12.7. The van der Waals surface area contributed by atoms with Crippen molar-refractivity contribution in [3.63, 3.8) is 0 Å². The first-order valence-electron chi connectivity index (χ1n) is 6.07. The van der Waals surface area contributed by atoms with Gasteiger partial charge in [-0.15, -0.1) is 0 Å². The second-order valence-electron chi connectivity index (χ2n) is 4.58. The van der Waals surface area contributed by atoms with E-state index in [0.29, 0.717) is 11.6 Å². The number of rotatable bonds is 4. The van der Waals surface area contributed by atoms with Gasteiger partial charge in [-0.25, -0.2) is 0 Å². The third kappa shape index (κ3) is 3.02. The molecule has 0 aliphatic rings. The van der Waals surface area contributed by atoms with Crippen molar-refractivity contribution in [1.29, 1.82) is 0 Å². The van der Waals surface area contributed by atoms with E-state index in [2.05, 4.69) is 21.0 Å². The zero-order chi connectivity index (χ0) is 14.0. The van der Waals surface area contributed by atoms with Crippen molar-refractivity contribution in [3.05, 3.63) is 50.7 Å². The van der Waals surface area contributed by atoms with Gasteiger partial charge in [0.1, 0.15) is 5.15 Å². The van der Waals surface area contributed by atoms with Crippen molar-refractivity contribution >= 4 is 27.5 Å². The minimum Gasteiger partial charge on any atom is -0.396 e. The maximum atomic E-state index is 9.66. The van der Waals surface area contributed by atoms with E-state index in [0.717, 1.165) is 21.3 Å². The Bertz CT molecular complexity index is 583. The molecule has 1 atom stereocenters. The first-order chi connectivity index (χ1) is 9.04. The van der Waals surface area contributed by atoms with Crippen LogP contribution in [0, 0.1) is 6.92 Å².